The summed E-state index contributed by atoms with van der Waals surface area (Å²) in [5.74, 6) is -0.446. The summed E-state index contributed by atoms with van der Waals surface area (Å²) < 4.78 is 1.60. The number of aliphatic carboxylic acids is 1. The van der Waals surface area contributed by atoms with E-state index in [1.807, 2.05) is 30.3 Å². The lowest BCUT2D eigenvalue weighted by Crippen LogP contribution is -2.41. The second-order valence-corrected chi connectivity index (χ2v) is 5.64. The highest BCUT2D eigenvalue weighted by molar-refractivity contribution is 7.99. The molecule has 0 bridgehead atoms. The van der Waals surface area contributed by atoms with Gasteiger partial charge in [-0.3, -0.25) is 4.79 Å². The Balaban J connectivity index is 1.83. The number of nitrogens with zero attached hydrogens (tertiary/aromatic N) is 3. The van der Waals surface area contributed by atoms with E-state index in [1.165, 1.54) is 22.9 Å². The van der Waals surface area contributed by atoms with Crippen molar-refractivity contribution in [2.24, 2.45) is 0 Å². The molecule has 0 spiro atoms. The molecule has 21 heavy (non-hydrogen) atoms. The number of amides is 1. The Labute approximate surface area is 125 Å². The summed E-state index contributed by atoms with van der Waals surface area (Å²) in [5, 5.41) is 13.3. The van der Waals surface area contributed by atoms with Crippen LogP contribution in [0.5, 0.6) is 0 Å². The minimum Gasteiger partial charge on any atom is -0.480 e. The number of para-hydroxylation sites is 1. The van der Waals surface area contributed by atoms with Crippen LogP contribution in [0.25, 0.3) is 5.69 Å². The highest BCUT2D eigenvalue weighted by Gasteiger charge is 2.35. The summed E-state index contributed by atoms with van der Waals surface area (Å²) >= 11 is 1.44. The zero-order valence-electron chi connectivity index (χ0n) is 11.0. The second kappa shape index (κ2) is 5.61. The van der Waals surface area contributed by atoms with E-state index in [1.54, 1.807) is 10.9 Å². The minimum absolute atomic E-state index is 0.297. The first-order valence-corrected chi connectivity index (χ1v) is 7.54. The molecule has 3 rings (SSSR count). The normalized spacial score (nSPS) is 17.9. The Hall–Kier alpha value is -2.28. The molecule has 0 aliphatic carbocycles. The number of rotatable bonds is 3. The molecule has 1 aliphatic heterocycles. The molecule has 6 nitrogen and oxygen atoms in total. The predicted octanol–water partition coefficient (Wildman–Crippen LogP) is 1.47. The molecule has 1 aromatic heterocycles. The topological polar surface area (TPSA) is 75.4 Å². The number of hydrogen-bond donors (Lipinski definition) is 1. The van der Waals surface area contributed by atoms with E-state index in [0.29, 0.717) is 17.2 Å². The number of carbonyl (C=O) groups excluding carboxylic acids is 1. The first-order chi connectivity index (χ1) is 10.2. The maximum absolute atomic E-state index is 12.4. The molecule has 2 aromatic rings. The van der Waals surface area contributed by atoms with E-state index >= 15 is 0 Å². The molecule has 0 unspecified atom stereocenters. The zero-order valence-corrected chi connectivity index (χ0v) is 11.9. The van der Waals surface area contributed by atoms with Crippen molar-refractivity contribution in [3.63, 3.8) is 0 Å². The molecule has 1 N–H and O–H groups in total. The maximum atomic E-state index is 12.4. The number of aromatic nitrogens is 2. The first-order valence-electron chi connectivity index (χ1n) is 6.38. The summed E-state index contributed by atoms with van der Waals surface area (Å²) in [7, 11) is 0. The van der Waals surface area contributed by atoms with Crippen molar-refractivity contribution in [3.8, 4) is 5.69 Å². The molecule has 0 radical (unpaired) electrons. The van der Waals surface area contributed by atoms with Crippen LogP contribution in [0.1, 0.15) is 10.4 Å². The summed E-state index contributed by atoms with van der Waals surface area (Å²) in [6.45, 7) is 0. The fourth-order valence-corrected chi connectivity index (χ4v) is 3.31. The minimum atomic E-state index is -0.969. The molecular weight excluding hydrogens is 290 g/mol. The van der Waals surface area contributed by atoms with Gasteiger partial charge in [-0.25, -0.2) is 9.48 Å². The molecule has 0 saturated carbocycles. The molecule has 108 valence electrons. The fraction of sp³-hybridized carbons (Fsp3) is 0.214. The van der Waals surface area contributed by atoms with Gasteiger partial charge >= 0.3 is 5.97 Å². The number of carboxylic acid groups (broad SMARTS) is 1. The van der Waals surface area contributed by atoms with E-state index in [-0.39, 0.29) is 5.91 Å². The Morgan fingerprint density at radius 3 is 2.76 bits per heavy atom. The van der Waals surface area contributed by atoms with Crippen molar-refractivity contribution < 1.29 is 14.7 Å². The van der Waals surface area contributed by atoms with Gasteiger partial charge in [0.2, 0.25) is 0 Å². The van der Waals surface area contributed by atoms with Crippen LogP contribution in [0.15, 0.2) is 42.7 Å². The largest absolute Gasteiger partial charge is 0.480 e. The summed E-state index contributed by atoms with van der Waals surface area (Å²) in [6.07, 6.45) is 3.09. The van der Waals surface area contributed by atoms with Crippen molar-refractivity contribution in [3.05, 3.63) is 48.3 Å². The fourth-order valence-electron chi connectivity index (χ4n) is 2.17. The lowest BCUT2D eigenvalue weighted by molar-refractivity contribution is -0.140. The summed E-state index contributed by atoms with van der Waals surface area (Å²) in [4.78, 5) is 24.9. The van der Waals surface area contributed by atoms with Crippen molar-refractivity contribution in [2.75, 3.05) is 11.6 Å². The van der Waals surface area contributed by atoms with Gasteiger partial charge in [0.05, 0.1) is 23.3 Å². The molecule has 1 aromatic carbocycles. The first kappa shape index (κ1) is 13.7. The van der Waals surface area contributed by atoms with Gasteiger partial charge in [0, 0.05) is 11.9 Å². The van der Waals surface area contributed by atoms with Crippen molar-refractivity contribution in [1.82, 2.24) is 14.7 Å². The van der Waals surface area contributed by atoms with Gasteiger partial charge in [-0.05, 0) is 12.1 Å². The van der Waals surface area contributed by atoms with Crippen LogP contribution in [0.3, 0.4) is 0 Å². The SMILES string of the molecule is O=C(O)[C@@H]1CSCN1C(=O)c1cnn(-c2ccccc2)c1. The quantitative estimate of drug-likeness (QED) is 0.929. The van der Waals surface area contributed by atoms with E-state index < -0.39 is 12.0 Å². The Morgan fingerprint density at radius 1 is 1.29 bits per heavy atom. The van der Waals surface area contributed by atoms with Gasteiger partial charge in [0.25, 0.3) is 5.91 Å². The number of carbonyl (C=O) groups is 2. The van der Waals surface area contributed by atoms with Gasteiger partial charge in [-0.15, -0.1) is 11.8 Å². The van der Waals surface area contributed by atoms with Crippen molar-refractivity contribution in [1.29, 1.82) is 0 Å². The third-order valence-electron chi connectivity index (χ3n) is 3.28. The lowest BCUT2D eigenvalue weighted by atomic mass is 10.2. The third kappa shape index (κ3) is 2.64. The number of carboxylic acids is 1. The van der Waals surface area contributed by atoms with Crippen LogP contribution in [0.4, 0.5) is 0 Å². The van der Waals surface area contributed by atoms with Crippen molar-refractivity contribution in [2.45, 2.75) is 6.04 Å². The van der Waals surface area contributed by atoms with Gasteiger partial charge in [-0.1, -0.05) is 18.2 Å². The van der Waals surface area contributed by atoms with E-state index in [0.717, 1.165) is 5.69 Å². The highest BCUT2D eigenvalue weighted by Crippen LogP contribution is 2.23. The van der Waals surface area contributed by atoms with Crippen LogP contribution < -0.4 is 0 Å². The van der Waals surface area contributed by atoms with Crippen molar-refractivity contribution >= 4 is 23.6 Å². The zero-order chi connectivity index (χ0) is 14.8. The third-order valence-corrected chi connectivity index (χ3v) is 4.29. The maximum Gasteiger partial charge on any atom is 0.327 e. The summed E-state index contributed by atoms with van der Waals surface area (Å²) in [5.41, 5.74) is 1.25. The smallest absolute Gasteiger partial charge is 0.327 e. The highest BCUT2D eigenvalue weighted by atomic mass is 32.2. The molecule has 1 fully saturated rings. The van der Waals surface area contributed by atoms with Crippen LogP contribution in [-0.4, -0.2) is 49.3 Å². The molecule has 1 aliphatic rings. The van der Waals surface area contributed by atoms with Crippen LogP contribution in [0, 0.1) is 0 Å². The van der Waals surface area contributed by atoms with E-state index in [2.05, 4.69) is 5.10 Å². The average Bonchev–Trinajstić information content (AvgIpc) is 3.17. The molecule has 1 saturated heterocycles. The average molecular weight is 303 g/mol. The second-order valence-electron chi connectivity index (χ2n) is 4.64. The Bertz CT molecular complexity index is 671. The standard InChI is InChI=1S/C14H13N3O3S/c18-13(16-9-21-8-12(16)14(19)20)10-6-15-17(7-10)11-4-2-1-3-5-11/h1-7,12H,8-9H2,(H,19,20)/t12-/m0/s1. The Morgan fingerprint density at radius 2 is 2.05 bits per heavy atom. The number of benzene rings is 1. The molecule has 2 heterocycles. The van der Waals surface area contributed by atoms with Gasteiger partial charge in [-0.2, -0.15) is 5.10 Å². The van der Waals surface area contributed by atoms with Gasteiger partial charge in [0.1, 0.15) is 6.04 Å². The van der Waals surface area contributed by atoms with Crippen LogP contribution in [0.2, 0.25) is 0 Å². The van der Waals surface area contributed by atoms with Crippen LogP contribution >= 0.6 is 11.8 Å². The molecule has 1 atom stereocenters. The van der Waals surface area contributed by atoms with E-state index in [4.69, 9.17) is 5.11 Å². The molecular formula is C14H13N3O3S. The monoisotopic (exact) mass is 303 g/mol. The number of hydrogen-bond acceptors (Lipinski definition) is 4. The van der Waals surface area contributed by atoms with Gasteiger partial charge < -0.3 is 10.0 Å². The lowest BCUT2D eigenvalue weighted by Gasteiger charge is -2.19. The molecule has 1 amide bonds. The Kier molecular flexibility index (Phi) is 3.66. The predicted molar refractivity (Wildman–Crippen MR) is 78.5 cm³/mol. The van der Waals surface area contributed by atoms with Gasteiger partial charge in [0.15, 0.2) is 0 Å². The molecule has 7 heteroatoms. The van der Waals surface area contributed by atoms with Crippen LogP contribution in [-0.2, 0) is 4.79 Å². The number of thioether (sulfide) groups is 1. The summed E-state index contributed by atoms with van der Waals surface area (Å²) in [6, 6.07) is 8.67. The van der Waals surface area contributed by atoms with E-state index in [9.17, 15) is 9.59 Å².